The quantitative estimate of drug-likeness (QED) is 0.696. The van der Waals surface area contributed by atoms with Gasteiger partial charge >= 0.3 is 6.09 Å². The summed E-state index contributed by atoms with van der Waals surface area (Å²) in [6, 6.07) is -0.0951. The third-order valence-corrected chi connectivity index (χ3v) is 2.69. The van der Waals surface area contributed by atoms with E-state index in [0.717, 1.165) is 0 Å². The highest BCUT2D eigenvalue weighted by atomic mass is 16.6. The highest BCUT2D eigenvalue weighted by Crippen LogP contribution is 2.28. The lowest BCUT2D eigenvalue weighted by Gasteiger charge is -2.25. The largest absolute Gasteiger partial charge is 0.443 e. The summed E-state index contributed by atoms with van der Waals surface area (Å²) in [5.41, 5.74) is -0.576. The Morgan fingerprint density at radius 3 is 2.65 bits per heavy atom. The summed E-state index contributed by atoms with van der Waals surface area (Å²) in [6.07, 6.45) is 2.47. The molecule has 0 spiro atoms. The van der Waals surface area contributed by atoms with Crippen molar-refractivity contribution in [2.75, 3.05) is 0 Å². The second-order valence-electron chi connectivity index (χ2n) is 5.49. The van der Waals surface area contributed by atoms with Crippen LogP contribution in [0.1, 0.15) is 40.5 Å². The molecule has 0 radical (unpaired) electrons. The van der Waals surface area contributed by atoms with Crippen LogP contribution in [0.5, 0.6) is 0 Å². The molecule has 0 unspecified atom stereocenters. The number of hydrogen-bond donors (Lipinski definition) is 0. The molecule has 4 nitrogen and oxygen atoms in total. The van der Waals surface area contributed by atoms with Gasteiger partial charge in [0.05, 0.1) is 0 Å². The molecule has 1 rings (SSSR count). The molecule has 0 aromatic rings. The van der Waals surface area contributed by atoms with Crippen LogP contribution in [0, 0.1) is 5.92 Å². The molecule has 0 N–H and O–H groups in total. The van der Waals surface area contributed by atoms with Gasteiger partial charge in [0.1, 0.15) is 5.60 Å². The van der Waals surface area contributed by atoms with E-state index in [9.17, 15) is 9.59 Å². The van der Waals surface area contributed by atoms with E-state index in [1.165, 1.54) is 4.90 Å². The minimum atomic E-state index is -0.576. The van der Waals surface area contributed by atoms with Gasteiger partial charge in [-0.3, -0.25) is 4.79 Å². The second-order valence-corrected chi connectivity index (χ2v) is 5.49. The summed E-state index contributed by atoms with van der Waals surface area (Å²) in [5, 5.41) is 0. The monoisotopic (exact) mass is 239 g/mol. The number of carbonyl (C=O) groups is 2. The smallest absolute Gasteiger partial charge is 0.417 e. The van der Waals surface area contributed by atoms with Crippen molar-refractivity contribution in [1.29, 1.82) is 0 Å². The fraction of sp³-hybridized carbons (Fsp3) is 0.692. The Hall–Kier alpha value is -1.32. The topological polar surface area (TPSA) is 46.6 Å². The standard InChI is InChI=1S/C13H21NO3/c1-6-7-10-8-9(2)14(11(10)15)12(16)17-13(3,4)5/h6,9-10H,1,7-8H2,2-5H3/t9-,10+/m0/s1. The molecule has 1 heterocycles. The fourth-order valence-corrected chi connectivity index (χ4v) is 2.01. The van der Waals surface area contributed by atoms with E-state index in [1.807, 2.05) is 6.92 Å². The number of imide groups is 1. The predicted octanol–water partition coefficient (Wildman–Crippen LogP) is 2.73. The van der Waals surface area contributed by atoms with Crippen LogP contribution in [-0.2, 0) is 9.53 Å². The van der Waals surface area contributed by atoms with Crippen molar-refractivity contribution < 1.29 is 14.3 Å². The predicted molar refractivity (Wildman–Crippen MR) is 65.5 cm³/mol. The Kier molecular flexibility index (Phi) is 3.96. The van der Waals surface area contributed by atoms with Crippen molar-refractivity contribution in [1.82, 2.24) is 4.90 Å². The van der Waals surface area contributed by atoms with Gasteiger partial charge in [0, 0.05) is 12.0 Å². The summed E-state index contributed by atoms with van der Waals surface area (Å²) < 4.78 is 5.23. The summed E-state index contributed by atoms with van der Waals surface area (Å²) >= 11 is 0. The van der Waals surface area contributed by atoms with E-state index in [0.29, 0.717) is 12.8 Å². The van der Waals surface area contributed by atoms with Crippen molar-refractivity contribution in [2.45, 2.75) is 52.2 Å². The van der Waals surface area contributed by atoms with Crippen LogP contribution in [0.25, 0.3) is 0 Å². The summed E-state index contributed by atoms with van der Waals surface area (Å²) in [7, 11) is 0. The molecule has 96 valence electrons. The van der Waals surface area contributed by atoms with Crippen molar-refractivity contribution in [3.05, 3.63) is 12.7 Å². The van der Waals surface area contributed by atoms with Crippen LogP contribution in [0.4, 0.5) is 4.79 Å². The molecule has 1 fully saturated rings. The molecule has 4 heteroatoms. The maximum absolute atomic E-state index is 12.0. The van der Waals surface area contributed by atoms with Gasteiger partial charge in [-0.15, -0.1) is 6.58 Å². The molecule has 0 saturated carbocycles. The first-order valence-corrected chi connectivity index (χ1v) is 5.93. The summed E-state index contributed by atoms with van der Waals surface area (Å²) in [4.78, 5) is 25.1. The lowest BCUT2D eigenvalue weighted by molar-refractivity contribution is -0.130. The van der Waals surface area contributed by atoms with Gasteiger partial charge in [-0.25, -0.2) is 9.69 Å². The molecule has 17 heavy (non-hydrogen) atoms. The fourth-order valence-electron chi connectivity index (χ4n) is 2.01. The molecular weight excluding hydrogens is 218 g/mol. The first-order valence-electron chi connectivity index (χ1n) is 5.93. The van der Waals surface area contributed by atoms with E-state index in [1.54, 1.807) is 26.8 Å². The number of hydrogen-bond acceptors (Lipinski definition) is 3. The highest BCUT2D eigenvalue weighted by molar-refractivity contribution is 5.95. The lowest BCUT2D eigenvalue weighted by Crippen LogP contribution is -2.41. The first-order chi connectivity index (χ1) is 7.76. The maximum Gasteiger partial charge on any atom is 0.417 e. The molecule has 0 aromatic heterocycles. The van der Waals surface area contributed by atoms with Gasteiger partial charge in [0.2, 0.25) is 5.91 Å². The zero-order valence-electron chi connectivity index (χ0n) is 11.0. The Bertz CT molecular complexity index is 330. The highest BCUT2D eigenvalue weighted by Gasteiger charge is 2.41. The van der Waals surface area contributed by atoms with Gasteiger partial charge in [-0.05, 0) is 40.5 Å². The third kappa shape index (κ3) is 3.32. The van der Waals surface area contributed by atoms with Gasteiger partial charge in [-0.2, -0.15) is 0 Å². The number of amides is 2. The van der Waals surface area contributed by atoms with Crippen molar-refractivity contribution in [3.63, 3.8) is 0 Å². The molecule has 2 atom stereocenters. The number of allylic oxidation sites excluding steroid dienone is 1. The minimum Gasteiger partial charge on any atom is -0.443 e. The van der Waals surface area contributed by atoms with Crippen LogP contribution < -0.4 is 0 Å². The van der Waals surface area contributed by atoms with Crippen molar-refractivity contribution in [3.8, 4) is 0 Å². The van der Waals surface area contributed by atoms with E-state index >= 15 is 0 Å². The van der Waals surface area contributed by atoms with Gasteiger partial charge in [-0.1, -0.05) is 6.08 Å². The van der Waals surface area contributed by atoms with Gasteiger partial charge in [0.25, 0.3) is 0 Å². The van der Waals surface area contributed by atoms with Crippen LogP contribution in [0.3, 0.4) is 0 Å². The number of ether oxygens (including phenoxy) is 1. The first kappa shape index (κ1) is 13.7. The Morgan fingerprint density at radius 1 is 1.59 bits per heavy atom. The summed E-state index contributed by atoms with van der Waals surface area (Å²) in [5.74, 6) is -0.276. The SMILES string of the molecule is C=CC[C@@H]1C[C@H](C)N(C(=O)OC(C)(C)C)C1=O. The third-order valence-electron chi connectivity index (χ3n) is 2.69. The van der Waals surface area contributed by atoms with E-state index in [4.69, 9.17) is 4.74 Å². The lowest BCUT2D eigenvalue weighted by atomic mass is 10.0. The van der Waals surface area contributed by atoms with Crippen LogP contribution in [0.2, 0.25) is 0 Å². The molecule has 0 aromatic carbocycles. The van der Waals surface area contributed by atoms with Gasteiger partial charge in [0.15, 0.2) is 0 Å². The summed E-state index contributed by atoms with van der Waals surface area (Å²) in [6.45, 7) is 10.9. The Balaban J connectivity index is 2.74. The zero-order valence-corrected chi connectivity index (χ0v) is 11.0. The van der Waals surface area contributed by atoms with E-state index in [-0.39, 0.29) is 17.9 Å². The van der Waals surface area contributed by atoms with E-state index < -0.39 is 11.7 Å². The van der Waals surface area contributed by atoms with Crippen molar-refractivity contribution in [2.24, 2.45) is 5.92 Å². The molecule has 2 amide bonds. The maximum atomic E-state index is 12.0. The van der Waals surface area contributed by atoms with E-state index in [2.05, 4.69) is 6.58 Å². The number of rotatable bonds is 2. The molecular formula is C13H21NO3. The number of nitrogens with zero attached hydrogens (tertiary/aromatic N) is 1. The molecule has 1 aliphatic rings. The van der Waals surface area contributed by atoms with Gasteiger partial charge < -0.3 is 4.74 Å². The zero-order chi connectivity index (χ0) is 13.2. The van der Waals surface area contributed by atoms with Crippen molar-refractivity contribution >= 4 is 12.0 Å². The average Bonchev–Trinajstić information content (AvgIpc) is 2.39. The molecule has 1 saturated heterocycles. The van der Waals surface area contributed by atoms with Crippen LogP contribution in [-0.4, -0.2) is 28.5 Å². The minimum absolute atomic E-state index is 0.0951. The number of carbonyl (C=O) groups excluding carboxylic acids is 2. The number of likely N-dealkylation sites (tertiary alicyclic amines) is 1. The molecule has 0 bridgehead atoms. The van der Waals surface area contributed by atoms with Crippen LogP contribution in [0.15, 0.2) is 12.7 Å². The molecule has 0 aliphatic carbocycles. The molecule has 1 aliphatic heterocycles. The Morgan fingerprint density at radius 2 is 2.18 bits per heavy atom. The average molecular weight is 239 g/mol. The van der Waals surface area contributed by atoms with Crippen LogP contribution >= 0.6 is 0 Å². The second kappa shape index (κ2) is 4.90. The normalized spacial score (nSPS) is 24.9. The Labute approximate surface area is 103 Å².